The minimum Gasteiger partial charge on any atom is -0.477 e. The van der Waals surface area contributed by atoms with Gasteiger partial charge in [0.1, 0.15) is 11.4 Å². The van der Waals surface area contributed by atoms with Crippen LogP contribution in [0.3, 0.4) is 0 Å². The highest BCUT2D eigenvalue weighted by molar-refractivity contribution is 5.87. The number of H-pyrrole nitrogens is 1. The van der Waals surface area contributed by atoms with Gasteiger partial charge in [-0.2, -0.15) is 5.10 Å². The lowest BCUT2D eigenvalue weighted by Crippen LogP contribution is -1.99. The third-order valence-electron chi connectivity index (χ3n) is 1.47. The number of aromatic amines is 1. The number of halogens is 2. The first kappa shape index (κ1) is 8.63. The highest BCUT2D eigenvalue weighted by atomic mass is 19.3. The SMILES string of the molecule is Cc1c(C(F)F)n[nH]c1C(=O)O. The first-order chi connectivity index (χ1) is 5.54. The van der Waals surface area contributed by atoms with Crippen LogP contribution in [-0.4, -0.2) is 21.3 Å². The van der Waals surface area contributed by atoms with Gasteiger partial charge in [-0.15, -0.1) is 0 Å². The van der Waals surface area contributed by atoms with E-state index in [9.17, 15) is 13.6 Å². The van der Waals surface area contributed by atoms with Crippen molar-refractivity contribution in [3.63, 3.8) is 0 Å². The summed E-state index contributed by atoms with van der Waals surface area (Å²) in [6, 6.07) is 0. The van der Waals surface area contributed by atoms with Crippen LogP contribution in [0.2, 0.25) is 0 Å². The monoisotopic (exact) mass is 176 g/mol. The summed E-state index contributed by atoms with van der Waals surface area (Å²) in [6.07, 6.45) is -2.74. The number of carboxylic acid groups (broad SMARTS) is 1. The molecule has 1 heterocycles. The van der Waals surface area contributed by atoms with Gasteiger partial charge in [0.15, 0.2) is 0 Å². The molecular weight excluding hydrogens is 170 g/mol. The van der Waals surface area contributed by atoms with Gasteiger partial charge in [-0.1, -0.05) is 0 Å². The molecule has 1 aromatic heterocycles. The Kier molecular flexibility index (Phi) is 2.07. The lowest BCUT2D eigenvalue weighted by atomic mass is 10.2. The number of carbonyl (C=O) groups is 1. The largest absolute Gasteiger partial charge is 0.477 e. The zero-order valence-corrected chi connectivity index (χ0v) is 6.14. The van der Waals surface area contributed by atoms with E-state index < -0.39 is 18.1 Å². The van der Waals surface area contributed by atoms with Crippen LogP contribution >= 0.6 is 0 Å². The molecule has 12 heavy (non-hydrogen) atoms. The first-order valence-corrected chi connectivity index (χ1v) is 3.10. The van der Waals surface area contributed by atoms with E-state index in [1.807, 2.05) is 5.10 Å². The summed E-state index contributed by atoms with van der Waals surface area (Å²) in [5.74, 6) is -1.29. The molecule has 1 aromatic rings. The Hall–Kier alpha value is -1.46. The molecule has 0 saturated carbocycles. The van der Waals surface area contributed by atoms with E-state index in [-0.39, 0.29) is 11.3 Å². The van der Waals surface area contributed by atoms with E-state index in [0.717, 1.165) is 0 Å². The van der Waals surface area contributed by atoms with Crippen molar-refractivity contribution in [2.75, 3.05) is 0 Å². The minimum atomic E-state index is -2.74. The number of hydrogen-bond donors (Lipinski definition) is 2. The Morgan fingerprint density at radius 1 is 1.67 bits per heavy atom. The first-order valence-electron chi connectivity index (χ1n) is 3.10. The summed E-state index contributed by atoms with van der Waals surface area (Å²) >= 11 is 0. The average molecular weight is 176 g/mol. The molecule has 0 atom stereocenters. The van der Waals surface area contributed by atoms with E-state index in [0.29, 0.717) is 0 Å². The number of aromatic nitrogens is 2. The van der Waals surface area contributed by atoms with Crippen molar-refractivity contribution in [2.45, 2.75) is 13.3 Å². The van der Waals surface area contributed by atoms with Crippen LogP contribution in [0.4, 0.5) is 8.78 Å². The molecule has 0 saturated heterocycles. The Labute approximate surface area is 66.2 Å². The van der Waals surface area contributed by atoms with E-state index in [1.54, 1.807) is 0 Å². The molecule has 0 aliphatic heterocycles. The average Bonchev–Trinajstić information content (AvgIpc) is 2.30. The van der Waals surface area contributed by atoms with Gasteiger partial charge in [-0.05, 0) is 6.92 Å². The van der Waals surface area contributed by atoms with Crippen molar-refractivity contribution >= 4 is 5.97 Å². The lowest BCUT2D eigenvalue weighted by molar-refractivity contribution is 0.0689. The molecule has 0 spiro atoms. The molecule has 4 nitrogen and oxygen atoms in total. The maximum absolute atomic E-state index is 12.0. The summed E-state index contributed by atoms with van der Waals surface area (Å²) in [4.78, 5) is 10.3. The third kappa shape index (κ3) is 1.27. The van der Waals surface area contributed by atoms with Crippen molar-refractivity contribution in [1.29, 1.82) is 0 Å². The molecule has 2 N–H and O–H groups in total. The summed E-state index contributed by atoms with van der Waals surface area (Å²) < 4.78 is 24.1. The summed E-state index contributed by atoms with van der Waals surface area (Å²) in [6.45, 7) is 1.29. The summed E-state index contributed by atoms with van der Waals surface area (Å²) in [5.41, 5.74) is -0.810. The molecule has 6 heteroatoms. The Bertz CT molecular complexity index is 308. The van der Waals surface area contributed by atoms with Gasteiger partial charge in [0.05, 0.1) is 0 Å². The number of hydrogen-bond acceptors (Lipinski definition) is 2. The Balaban J connectivity index is 3.13. The fourth-order valence-corrected chi connectivity index (χ4v) is 0.833. The summed E-state index contributed by atoms with van der Waals surface area (Å²) in [7, 11) is 0. The second kappa shape index (κ2) is 2.88. The molecule has 0 amide bonds. The maximum Gasteiger partial charge on any atom is 0.354 e. The van der Waals surface area contributed by atoms with E-state index >= 15 is 0 Å². The molecule has 0 aromatic carbocycles. The van der Waals surface area contributed by atoms with Crippen LogP contribution in [0.25, 0.3) is 0 Å². The zero-order valence-electron chi connectivity index (χ0n) is 6.14. The van der Waals surface area contributed by atoms with Crippen LogP contribution in [0.1, 0.15) is 28.2 Å². The fraction of sp³-hybridized carbons (Fsp3) is 0.333. The van der Waals surface area contributed by atoms with Crippen molar-refractivity contribution in [3.8, 4) is 0 Å². The fourth-order valence-electron chi connectivity index (χ4n) is 0.833. The molecule has 0 aliphatic carbocycles. The topological polar surface area (TPSA) is 66.0 Å². The number of nitrogens with zero attached hydrogens (tertiary/aromatic N) is 1. The van der Waals surface area contributed by atoms with Gasteiger partial charge in [0.2, 0.25) is 0 Å². The second-order valence-electron chi connectivity index (χ2n) is 2.21. The normalized spacial score (nSPS) is 10.7. The van der Waals surface area contributed by atoms with Crippen LogP contribution in [0.5, 0.6) is 0 Å². The summed E-state index contributed by atoms with van der Waals surface area (Å²) in [5, 5.41) is 13.7. The Morgan fingerprint density at radius 2 is 2.25 bits per heavy atom. The molecular formula is C6H6F2N2O2. The molecule has 0 aliphatic rings. The van der Waals surface area contributed by atoms with Gasteiger partial charge >= 0.3 is 5.97 Å². The number of aromatic carboxylic acids is 1. The number of nitrogens with one attached hydrogen (secondary N) is 1. The molecule has 66 valence electrons. The number of alkyl halides is 2. The van der Waals surface area contributed by atoms with Crippen LogP contribution in [-0.2, 0) is 0 Å². The Morgan fingerprint density at radius 3 is 2.50 bits per heavy atom. The van der Waals surface area contributed by atoms with Gasteiger partial charge in [0, 0.05) is 5.56 Å². The van der Waals surface area contributed by atoms with Gasteiger partial charge < -0.3 is 5.11 Å². The van der Waals surface area contributed by atoms with E-state index in [2.05, 4.69) is 5.10 Å². The molecule has 0 unspecified atom stereocenters. The quantitative estimate of drug-likeness (QED) is 0.714. The maximum atomic E-state index is 12.0. The van der Waals surface area contributed by atoms with E-state index in [4.69, 9.17) is 5.11 Å². The van der Waals surface area contributed by atoms with Crippen LogP contribution in [0.15, 0.2) is 0 Å². The van der Waals surface area contributed by atoms with Crippen molar-refractivity contribution < 1.29 is 18.7 Å². The third-order valence-corrected chi connectivity index (χ3v) is 1.47. The van der Waals surface area contributed by atoms with Gasteiger partial charge in [-0.3, -0.25) is 5.10 Å². The molecule has 0 bridgehead atoms. The smallest absolute Gasteiger partial charge is 0.354 e. The standard InChI is InChI=1S/C6H6F2N2O2/c1-2-3(5(7)8)9-10-4(2)6(11)12/h5H,1H3,(H,9,10)(H,11,12). The lowest BCUT2D eigenvalue weighted by Gasteiger charge is -1.93. The van der Waals surface area contributed by atoms with Crippen LogP contribution < -0.4 is 0 Å². The zero-order chi connectivity index (χ0) is 9.30. The van der Waals surface area contributed by atoms with Gasteiger partial charge in [-0.25, -0.2) is 13.6 Å². The predicted molar refractivity (Wildman–Crippen MR) is 35.2 cm³/mol. The minimum absolute atomic E-state index is 0.0162. The number of rotatable bonds is 2. The van der Waals surface area contributed by atoms with Gasteiger partial charge in [0.25, 0.3) is 6.43 Å². The van der Waals surface area contributed by atoms with E-state index in [1.165, 1.54) is 6.92 Å². The van der Waals surface area contributed by atoms with Crippen molar-refractivity contribution in [2.24, 2.45) is 0 Å². The van der Waals surface area contributed by atoms with Crippen molar-refractivity contribution in [3.05, 3.63) is 17.0 Å². The molecule has 1 rings (SSSR count). The van der Waals surface area contributed by atoms with Crippen molar-refractivity contribution in [1.82, 2.24) is 10.2 Å². The second-order valence-corrected chi connectivity index (χ2v) is 2.21. The molecule has 0 radical (unpaired) electrons. The number of carboxylic acids is 1. The molecule has 0 fully saturated rings. The predicted octanol–water partition coefficient (Wildman–Crippen LogP) is 1.35. The highest BCUT2D eigenvalue weighted by Crippen LogP contribution is 2.21. The van der Waals surface area contributed by atoms with Crippen LogP contribution in [0, 0.1) is 6.92 Å². The highest BCUT2D eigenvalue weighted by Gasteiger charge is 2.20.